The molecule has 0 aliphatic carbocycles. The Labute approximate surface area is 146 Å². The summed E-state index contributed by atoms with van der Waals surface area (Å²) in [6, 6.07) is 2.77. The summed E-state index contributed by atoms with van der Waals surface area (Å²) >= 11 is 0. The molecule has 1 aliphatic heterocycles. The molecule has 1 fully saturated rings. The molecule has 2 heterocycles. The zero-order chi connectivity index (χ0) is 18.4. The Hall–Kier alpha value is -2.48. The van der Waals surface area contributed by atoms with Gasteiger partial charge in [-0.3, -0.25) is 9.59 Å². The van der Waals surface area contributed by atoms with Crippen LogP contribution in [-0.2, 0) is 9.53 Å². The van der Waals surface area contributed by atoms with E-state index in [0.717, 1.165) is 12.8 Å². The lowest BCUT2D eigenvalue weighted by Crippen LogP contribution is -2.49. The van der Waals surface area contributed by atoms with Crippen molar-refractivity contribution >= 4 is 17.8 Å². The highest BCUT2D eigenvalue weighted by molar-refractivity contribution is 5.95. The summed E-state index contributed by atoms with van der Waals surface area (Å²) in [7, 11) is 1.57. The number of pyridine rings is 1. The molecule has 2 atom stereocenters. The predicted octanol–water partition coefficient (Wildman–Crippen LogP) is 0.783. The first kappa shape index (κ1) is 18.9. The Morgan fingerprint density at radius 2 is 2.12 bits per heavy atom. The lowest BCUT2D eigenvalue weighted by atomic mass is 9.92. The molecule has 0 bridgehead atoms. The molecule has 1 aromatic rings. The number of carboxylic acid groups (broad SMARTS) is 1. The van der Waals surface area contributed by atoms with Crippen molar-refractivity contribution in [2.75, 3.05) is 26.8 Å². The Morgan fingerprint density at radius 3 is 2.72 bits per heavy atom. The van der Waals surface area contributed by atoms with Crippen LogP contribution in [-0.4, -0.2) is 65.6 Å². The number of hydrogen-bond donors (Lipinski definition) is 2. The summed E-state index contributed by atoms with van der Waals surface area (Å²) < 4.78 is 4.91. The molecule has 1 aromatic heterocycles. The van der Waals surface area contributed by atoms with Crippen LogP contribution in [0.5, 0.6) is 0 Å². The Bertz CT molecular complexity index is 632. The molecule has 2 rings (SSSR count). The number of carboxylic acids is 1. The number of carbonyl (C=O) groups is 3. The van der Waals surface area contributed by atoms with Gasteiger partial charge in [-0.05, 0) is 31.9 Å². The van der Waals surface area contributed by atoms with Crippen molar-refractivity contribution < 1.29 is 24.2 Å². The van der Waals surface area contributed by atoms with Crippen molar-refractivity contribution in [1.29, 1.82) is 0 Å². The van der Waals surface area contributed by atoms with Crippen LogP contribution in [0.15, 0.2) is 18.3 Å². The zero-order valence-corrected chi connectivity index (χ0v) is 14.4. The minimum atomic E-state index is -1.14. The van der Waals surface area contributed by atoms with Gasteiger partial charge in [-0.2, -0.15) is 0 Å². The maximum absolute atomic E-state index is 12.7. The highest BCUT2D eigenvalue weighted by atomic mass is 16.5. The van der Waals surface area contributed by atoms with E-state index in [1.807, 2.05) is 6.92 Å². The lowest BCUT2D eigenvalue weighted by Gasteiger charge is -2.37. The fraction of sp³-hybridized carbons (Fsp3) is 0.529. The first-order valence-electron chi connectivity index (χ1n) is 8.21. The second kappa shape index (κ2) is 8.57. The average molecular weight is 349 g/mol. The van der Waals surface area contributed by atoms with E-state index in [4.69, 9.17) is 9.84 Å². The zero-order valence-electron chi connectivity index (χ0n) is 14.4. The topological polar surface area (TPSA) is 109 Å². The van der Waals surface area contributed by atoms with Gasteiger partial charge in [-0.1, -0.05) is 0 Å². The van der Waals surface area contributed by atoms with Crippen molar-refractivity contribution in [2.45, 2.75) is 25.8 Å². The smallest absolute Gasteiger partial charge is 0.354 e. The predicted molar refractivity (Wildman–Crippen MR) is 89.3 cm³/mol. The highest BCUT2D eigenvalue weighted by Crippen LogP contribution is 2.24. The number of likely N-dealkylation sites (tertiary alicyclic amines) is 1. The number of ether oxygens (including phenoxy) is 1. The summed E-state index contributed by atoms with van der Waals surface area (Å²) in [4.78, 5) is 41.2. The van der Waals surface area contributed by atoms with Crippen LogP contribution in [0, 0.1) is 5.92 Å². The van der Waals surface area contributed by atoms with E-state index in [9.17, 15) is 14.4 Å². The summed E-state index contributed by atoms with van der Waals surface area (Å²) in [5.74, 6) is -1.73. The summed E-state index contributed by atoms with van der Waals surface area (Å²) in [5.41, 5.74) is 0.205. The Kier molecular flexibility index (Phi) is 6.46. The maximum atomic E-state index is 12.7. The average Bonchev–Trinajstić information content (AvgIpc) is 2.61. The highest BCUT2D eigenvalue weighted by Gasteiger charge is 2.33. The summed E-state index contributed by atoms with van der Waals surface area (Å²) in [6.07, 6.45) is 2.72. The number of aromatic carboxylic acids is 1. The molecule has 0 aromatic carbocycles. The maximum Gasteiger partial charge on any atom is 0.354 e. The number of piperidine rings is 1. The minimum absolute atomic E-state index is 0.00896. The Balaban J connectivity index is 2.04. The molecular weight excluding hydrogens is 326 g/mol. The van der Waals surface area contributed by atoms with Crippen LogP contribution < -0.4 is 5.32 Å². The molecule has 1 saturated heterocycles. The molecule has 0 radical (unpaired) electrons. The second-order valence-electron chi connectivity index (χ2n) is 6.10. The molecule has 0 spiro atoms. The molecule has 8 nitrogen and oxygen atoms in total. The van der Waals surface area contributed by atoms with Gasteiger partial charge < -0.3 is 20.1 Å². The van der Waals surface area contributed by atoms with E-state index < -0.39 is 5.97 Å². The monoisotopic (exact) mass is 349 g/mol. The molecule has 8 heteroatoms. The van der Waals surface area contributed by atoms with Gasteiger partial charge in [-0.25, -0.2) is 9.78 Å². The standard InChI is InChI=1S/C17H23N3O5/c1-11-3-4-13(15(21)18-7-8-25-2)10-20(11)16(22)12-5-6-14(17(23)24)19-9-12/h5-6,9,11,13H,3-4,7-8,10H2,1-2H3,(H,18,21)(H,23,24). The number of amides is 2. The van der Waals surface area contributed by atoms with Crippen LogP contribution in [0.3, 0.4) is 0 Å². The first-order chi connectivity index (χ1) is 11.9. The SMILES string of the molecule is COCCNC(=O)C1CCC(C)N(C(=O)c2ccc(C(=O)O)nc2)C1. The normalized spacial score (nSPS) is 20.2. The Morgan fingerprint density at radius 1 is 1.36 bits per heavy atom. The van der Waals surface area contributed by atoms with Crippen molar-refractivity contribution in [3.63, 3.8) is 0 Å². The quantitative estimate of drug-likeness (QED) is 0.735. The number of rotatable bonds is 6. The van der Waals surface area contributed by atoms with Crippen LogP contribution in [0.1, 0.15) is 40.6 Å². The number of hydrogen-bond acceptors (Lipinski definition) is 5. The first-order valence-corrected chi connectivity index (χ1v) is 8.21. The van der Waals surface area contributed by atoms with E-state index >= 15 is 0 Å². The third kappa shape index (κ3) is 4.76. The van der Waals surface area contributed by atoms with Gasteiger partial charge in [0.05, 0.1) is 18.1 Å². The second-order valence-corrected chi connectivity index (χ2v) is 6.10. The van der Waals surface area contributed by atoms with Crippen molar-refractivity contribution in [1.82, 2.24) is 15.2 Å². The summed E-state index contributed by atoms with van der Waals surface area (Å²) in [5, 5.41) is 11.7. The van der Waals surface area contributed by atoms with Gasteiger partial charge in [0.25, 0.3) is 5.91 Å². The van der Waals surface area contributed by atoms with Gasteiger partial charge in [0.1, 0.15) is 5.69 Å². The number of nitrogens with zero attached hydrogens (tertiary/aromatic N) is 2. The third-order valence-corrected chi connectivity index (χ3v) is 4.35. The number of carbonyl (C=O) groups excluding carboxylic acids is 2. The molecular formula is C17H23N3O5. The molecule has 0 saturated carbocycles. The molecule has 2 N–H and O–H groups in total. The van der Waals surface area contributed by atoms with E-state index in [0.29, 0.717) is 25.3 Å². The van der Waals surface area contributed by atoms with E-state index in [2.05, 4.69) is 10.3 Å². The number of aromatic nitrogens is 1. The molecule has 2 unspecified atom stereocenters. The van der Waals surface area contributed by atoms with E-state index in [1.165, 1.54) is 18.3 Å². The van der Waals surface area contributed by atoms with Crippen LogP contribution in [0.25, 0.3) is 0 Å². The number of nitrogens with one attached hydrogen (secondary N) is 1. The number of methoxy groups -OCH3 is 1. The minimum Gasteiger partial charge on any atom is -0.477 e. The van der Waals surface area contributed by atoms with Gasteiger partial charge in [0, 0.05) is 32.4 Å². The van der Waals surface area contributed by atoms with Crippen molar-refractivity contribution in [3.8, 4) is 0 Å². The van der Waals surface area contributed by atoms with Gasteiger partial charge in [0.15, 0.2) is 0 Å². The fourth-order valence-electron chi connectivity index (χ4n) is 2.84. The molecule has 2 amide bonds. The van der Waals surface area contributed by atoms with Crippen LogP contribution >= 0.6 is 0 Å². The van der Waals surface area contributed by atoms with Crippen molar-refractivity contribution in [2.24, 2.45) is 5.92 Å². The van der Waals surface area contributed by atoms with Gasteiger partial charge >= 0.3 is 5.97 Å². The summed E-state index contributed by atoms with van der Waals surface area (Å²) in [6.45, 7) is 3.16. The van der Waals surface area contributed by atoms with Gasteiger partial charge in [-0.15, -0.1) is 0 Å². The van der Waals surface area contributed by atoms with Crippen LogP contribution in [0.4, 0.5) is 0 Å². The van der Waals surface area contributed by atoms with Crippen LogP contribution in [0.2, 0.25) is 0 Å². The fourth-order valence-corrected chi connectivity index (χ4v) is 2.84. The molecule has 1 aliphatic rings. The van der Waals surface area contributed by atoms with Gasteiger partial charge in [0.2, 0.25) is 5.91 Å². The third-order valence-electron chi connectivity index (χ3n) is 4.35. The largest absolute Gasteiger partial charge is 0.477 e. The van der Waals surface area contributed by atoms with E-state index in [-0.39, 0.29) is 29.5 Å². The lowest BCUT2D eigenvalue weighted by molar-refractivity contribution is -0.126. The molecule has 136 valence electrons. The van der Waals surface area contributed by atoms with E-state index in [1.54, 1.807) is 12.0 Å². The molecule has 25 heavy (non-hydrogen) atoms. The van der Waals surface area contributed by atoms with Crippen molar-refractivity contribution in [3.05, 3.63) is 29.6 Å².